The lowest BCUT2D eigenvalue weighted by molar-refractivity contribution is 0.0364. The first-order valence-corrected chi connectivity index (χ1v) is 8.03. The Kier molecular flexibility index (Phi) is 6.74. The van der Waals surface area contributed by atoms with E-state index >= 15 is 0 Å². The maximum absolute atomic E-state index is 5.44. The third kappa shape index (κ3) is 3.67. The van der Waals surface area contributed by atoms with Crippen molar-refractivity contribution in [1.29, 1.82) is 0 Å². The Morgan fingerprint density at radius 1 is 1.04 bits per heavy atom. The van der Waals surface area contributed by atoms with Crippen LogP contribution in [0.3, 0.4) is 0 Å². The van der Waals surface area contributed by atoms with Gasteiger partial charge in [-0.1, -0.05) is 18.2 Å². The summed E-state index contributed by atoms with van der Waals surface area (Å²) in [5.74, 6) is 0. The molecule has 1 saturated heterocycles. The highest BCUT2D eigenvalue weighted by molar-refractivity contribution is 5.86. The predicted molar refractivity (Wildman–Crippen MR) is 99.1 cm³/mol. The number of morpholine rings is 1. The Morgan fingerprint density at radius 3 is 2.65 bits per heavy atom. The molecule has 128 valence electrons. The number of hydrogen-bond acceptors (Lipinski definition) is 3. The number of nitrogens with one attached hydrogen (secondary N) is 1. The maximum atomic E-state index is 5.44. The van der Waals surface area contributed by atoms with Crippen LogP contribution in [-0.4, -0.2) is 48.9 Å². The van der Waals surface area contributed by atoms with Gasteiger partial charge in [-0.25, -0.2) is 0 Å². The second kappa shape index (κ2) is 8.36. The highest BCUT2D eigenvalue weighted by Crippen LogP contribution is 2.28. The van der Waals surface area contributed by atoms with Gasteiger partial charge in [-0.3, -0.25) is 4.90 Å². The van der Waals surface area contributed by atoms with E-state index in [1.54, 1.807) is 5.56 Å². The number of ether oxygens (including phenoxy) is 1. The van der Waals surface area contributed by atoms with Crippen LogP contribution in [0.25, 0.3) is 10.9 Å². The average Bonchev–Trinajstić information content (AvgIpc) is 2.88. The zero-order valence-corrected chi connectivity index (χ0v) is 14.9. The summed E-state index contributed by atoms with van der Waals surface area (Å²) in [4.78, 5) is 2.51. The van der Waals surface area contributed by atoms with Crippen LogP contribution in [0.1, 0.15) is 11.3 Å². The standard InChI is InChI=1S/C17H23N3O.2ClH/c1-2-4-16-14(3-1)15-5-6-18-13-17(15)20(16)8-7-19-9-11-21-12-10-19;;/h1-4,18H,5-13H2;2*1H. The van der Waals surface area contributed by atoms with E-state index in [2.05, 4.69) is 39.0 Å². The number of rotatable bonds is 3. The molecule has 0 atom stereocenters. The van der Waals surface area contributed by atoms with Crippen LogP contribution < -0.4 is 5.32 Å². The summed E-state index contributed by atoms with van der Waals surface area (Å²) in [6.45, 7) is 8.21. The van der Waals surface area contributed by atoms with Crippen LogP contribution in [0.15, 0.2) is 24.3 Å². The van der Waals surface area contributed by atoms with Crippen molar-refractivity contribution in [3.05, 3.63) is 35.5 Å². The van der Waals surface area contributed by atoms with E-state index in [4.69, 9.17) is 4.74 Å². The minimum atomic E-state index is 0. The number of fused-ring (bicyclic) bond motifs is 3. The Hall–Kier alpha value is -0.780. The van der Waals surface area contributed by atoms with Gasteiger partial charge in [-0.2, -0.15) is 0 Å². The van der Waals surface area contributed by atoms with Gasteiger partial charge in [0.1, 0.15) is 0 Å². The molecule has 4 rings (SSSR count). The van der Waals surface area contributed by atoms with Crippen LogP contribution in [0, 0.1) is 0 Å². The minimum absolute atomic E-state index is 0. The lowest BCUT2D eigenvalue weighted by Gasteiger charge is -2.27. The van der Waals surface area contributed by atoms with E-state index in [1.807, 2.05) is 0 Å². The molecule has 2 aromatic rings. The molecular weight excluding hydrogens is 333 g/mol. The molecule has 0 saturated carbocycles. The van der Waals surface area contributed by atoms with Gasteiger partial charge in [-0.05, 0) is 24.6 Å². The van der Waals surface area contributed by atoms with Crippen LogP contribution in [0.5, 0.6) is 0 Å². The summed E-state index contributed by atoms with van der Waals surface area (Å²) in [5, 5.41) is 4.98. The Bertz CT molecular complexity index is 638. The minimum Gasteiger partial charge on any atom is -0.379 e. The van der Waals surface area contributed by atoms with Crippen molar-refractivity contribution in [1.82, 2.24) is 14.8 Å². The van der Waals surface area contributed by atoms with E-state index in [0.717, 1.165) is 58.9 Å². The average molecular weight is 358 g/mol. The first-order valence-electron chi connectivity index (χ1n) is 8.03. The van der Waals surface area contributed by atoms with Gasteiger partial charge in [0.15, 0.2) is 0 Å². The summed E-state index contributed by atoms with van der Waals surface area (Å²) < 4.78 is 7.97. The SMILES string of the molecule is Cl.Cl.c1ccc2c(c1)c1c(n2CCN2CCOCC2)CNCC1. The molecule has 2 aliphatic heterocycles. The first kappa shape index (κ1) is 18.6. The van der Waals surface area contributed by atoms with Crippen LogP contribution in [-0.2, 0) is 24.2 Å². The molecular formula is C17H25Cl2N3O. The quantitative estimate of drug-likeness (QED) is 0.914. The van der Waals surface area contributed by atoms with Crippen LogP contribution in [0.2, 0.25) is 0 Å². The molecule has 4 nitrogen and oxygen atoms in total. The summed E-state index contributed by atoms with van der Waals surface area (Å²) in [6.07, 6.45) is 1.15. The van der Waals surface area contributed by atoms with Crippen LogP contribution >= 0.6 is 24.8 Å². The summed E-state index contributed by atoms with van der Waals surface area (Å²) >= 11 is 0. The van der Waals surface area contributed by atoms with Crippen molar-refractivity contribution in [2.75, 3.05) is 39.4 Å². The van der Waals surface area contributed by atoms with Gasteiger partial charge >= 0.3 is 0 Å². The number of aromatic nitrogens is 1. The predicted octanol–water partition coefficient (Wildman–Crippen LogP) is 2.46. The summed E-state index contributed by atoms with van der Waals surface area (Å²) in [5.41, 5.74) is 4.46. The molecule has 1 aromatic heterocycles. The van der Waals surface area contributed by atoms with Gasteiger partial charge in [0.25, 0.3) is 0 Å². The second-order valence-corrected chi connectivity index (χ2v) is 5.97. The molecule has 0 radical (unpaired) electrons. The zero-order valence-electron chi connectivity index (χ0n) is 13.3. The first-order chi connectivity index (χ1) is 10.4. The smallest absolute Gasteiger partial charge is 0.0594 e. The van der Waals surface area contributed by atoms with E-state index in [1.165, 1.54) is 16.6 Å². The molecule has 23 heavy (non-hydrogen) atoms. The topological polar surface area (TPSA) is 29.4 Å². The number of hydrogen-bond donors (Lipinski definition) is 1. The Balaban J connectivity index is 0.000000960. The van der Waals surface area contributed by atoms with E-state index in [9.17, 15) is 0 Å². The zero-order chi connectivity index (χ0) is 14.1. The van der Waals surface area contributed by atoms with Crippen LogP contribution in [0.4, 0.5) is 0 Å². The van der Waals surface area contributed by atoms with Gasteiger partial charge < -0.3 is 14.6 Å². The van der Waals surface area contributed by atoms with Gasteiger partial charge in [0, 0.05) is 49.3 Å². The molecule has 0 amide bonds. The molecule has 2 aliphatic rings. The van der Waals surface area contributed by atoms with E-state index < -0.39 is 0 Å². The van der Waals surface area contributed by atoms with E-state index in [0.29, 0.717) is 0 Å². The highest BCUT2D eigenvalue weighted by atomic mass is 35.5. The highest BCUT2D eigenvalue weighted by Gasteiger charge is 2.20. The normalized spacial score (nSPS) is 18.1. The van der Waals surface area contributed by atoms with Crippen molar-refractivity contribution >= 4 is 35.7 Å². The number of benzene rings is 1. The van der Waals surface area contributed by atoms with Crippen molar-refractivity contribution < 1.29 is 4.74 Å². The second-order valence-electron chi connectivity index (χ2n) is 5.97. The number of nitrogens with zero attached hydrogens (tertiary/aromatic N) is 2. The third-order valence-electron chi connectivity index (χ3n) is 4.78. The molecule has 6 heteroatoms. The molecule has 3 heterocycles. The van der Waals surface area contributed by atoms with Gasteiger partial charge in [0.2, 0.25) is 0 Å². The monoisotopic (exact) mass is 357 g/mol. The largest absolute Gasteiger partial charge is 0.379 e. The fourth-order valence-electron chi connectivity index (χ4n) is 3.65. The van der Waals surface area contributed by atoms with E-state index in [-0.39, 0.29) is 24.8 Å². The van der Waals surface area contributed by atoms with Gasteiger partial charge in [-0.15, -0.1) is 24.8 Å². The lowest BCUT2D eigenvalue weighted by Crippen LogP contribution is -2.38. The molecule has 0 unspecified atom stereocenters. The van der Waals surface area contributed by atoms with Gasteiger partial charge in [0.05, 0.1) is 13.2 Å². The third-order valence-corrected chi connectivity index (χ3v) is 4.78. The maximum Gasteiger partial charge on any atom is 0.0594 e. The molecule has 0 spiro atoms. The lowest BCUT2D eigenvalue weighted by atomic mass is 10.1. The summed E-state index contributed by atoms with van der Waals surface area (Å²) in [6, 6.07) is 8.88. The molecule has 1 aromatic carbocycles. The molecule has 0 bridgehead atoms. The molecule has 1 fully saturated rings. The Labute approximate surface area is 150 Å². The molecule has 1 N–H and O–H groups in total. The molecule has 0 aliphatic carbocycles. The fraction of sp³-hybridized carbons (Fsp3) is 0.529. The van der Waals surface area contributed by atoms with Crippen molar-refractivity contribution in [2.45, 2.75) is 19.5 Å². The Morgan fingerprint density at radius 2 is 1.83 bits per heavy atom. The fourth-order valence-corrected chi connectivity index (χ4v) is 3.65. The summed E-state index contributed by atoms with van der Waals surface area (Å²) in [7, 11) is 0. The number of halogens is 2. The van der Waals surface area contributed by atoms with Crippen molar-refractivity contribution in [3.63, 3.8) is 0 Å². The number of para-hydroxylation sites is 1. The van der Waals surface area contributed by atoms with Crippen molar-refractivity contribution in [3.8, 4) is 0 Å². The van der Waals surface area contributed by atoms with Crippen molar-refractivity contribution in [2.24, 2.45) is 0 Å².